The van der Waals surface area contributed by atoms with Gasteiger partial charge in [0.2, 0.25) is 0 Å². The van der Waals surface area contributed by atoms with E-state index in [1.54, 1.807) is 0 Å². The van der Waals surface area contributed by atoms with Crippen molar-refractivity contribution in [3.8, 4) is 6.07 Å². The topological polar surface area (TPSA) is 23.8 Å². The molecule has 0 aliphatic heterocycles. The van der Waals surface area contributed by atoms with Crippen LogP contribution in [0.2, 0.25) is 0 Å². The van der Waals surface area contributed by atoms with Crippen molar-refractivity contribution in [1.82, 2.24) is 0 Å². The maximum atomic E-state index is 7.62. The summed E-state index contributed by atoms with van der Waals surface area (Å²) < 4.78 is 0. The van der Waals surface area contributed by atoms with Crippen molar-refractivity contribution in [2.24, 2.45) is 0 Å². The second-order valence-corrected chi connectivity index (χ2v) is 0.512. The van der Waals surface area contributed by atoms with Gasteiger partial charge in [-0.05, 0) is 0 Å². The molecule has 0 radical (unpaired) electrons. The van der Waals surface area contributed by atoms with E-state index in [-0.39, 0.29) is 20.3 Å². The van der Waals surface area contributed by atoms with Crippen molar-refractivity contribution < 1.29 is 20.3 Å². The molecule has 0 bridgehead atoms. The molecule has 0 unspecified atom stereocenters. The first-order chi connectivity index (χ1) is 1.91. The zero-order chi connectivity index (χ0) is 3.41. The van der Waals surface area contributed by atoms with Gasteiger partial charge >= 0.3 is 18.9 Å². The molecule has 0 saturated heterocycles. The average molecular weight is 63.0 g/mol. The molecule has 5 heavy (non-hydrogen) atoms. The molecule has 24 valence electrons. The molecule has 0 aromatic carbocycles. The van der Waals surface area contributed by atoms with E-state index in [0.29, 0.717) is 6.42 Å². The molecule has 0 atom stereocenters. The van der Waals surface area contributed by atoms with Crippen LogP contribution in [-0.4, -0.2) is 0 Å². The van der Waals surface area contributed by atoms with E-state index in [1.807, 2.05) is 13.0 Å². The fraction of sp³-hybridized carbons (Fsp3) is 0.667. The minimum absolute atomic E-state index is 0. The van der Waals surface area contributed by atoms with Crippen LogP contribution < -0.4 is 18.9 Å². The van der Waals surface area contributed by atoms with Gasteiger partial charge in [-0.25, -0.2) is 0 Å². The van der Waals surface area contributed by atoms with Gasteiger partial charge < -0.3 is 1.43 Å². The second-order valence-electron chi connectivity index (χ2n) is 0.512. The summed E-state index contributed by atoms with van der Waals surface area (Å²) >= 11 is 0. The Labute approximate surface area is 45.6 Å². The first kappa shape index (κ1) is 8.92. The summed E-state index contributed by atoms with van der Waals surface area (Å²) in [6.45, 7) is 1.82. The van der Waals surface area contributed by atoms with E-state index >= 15 is 0 Å². The molecular formula is C3H6LiN. The third-order valence-corrected chi connectivity index (χ3v) is 0.158. The van der Waals surface area contributed by atoms with E-state index in [9.17, 15) is 0 Å². The van der Waals surface area contributed by atoms with Gasteiger partial charge in [0.25, 0.3) is 0 Å². The molecule has 0 spiro atoms. The fourth-order valence-electron chi connectivity index (χ4n) is 0. The smallest absolute Gasteiger partial charge is 1.00 e. The third-order valence-electron chi connectivity index (χ3n) is 0.158. The van der Waals surface area contributed by atoms with Crippen molar-refractivity contribution in [2.45, 2.75) is 13.3 Å². The Morgan fingerprint density at radius 3 is 2.20 bits per heavy atom. The van der Waals surface area contributed by atoms with Crippen LogP contribution in [-0.2, 0) is 0 Å². The van der Waals surface area contributed by atoms with Crippen molar-refractivity contribution in [2.75, 3.05) is 0 Å². The molecule has 0 aromatic heterocycles. The minimum atomic E-state index is 0. The summed E-state index contributed by atoms with van der Waals surface area (Å²) in [5, 5.41) is 7.62. The number of hydrogen-bond acceptors (Lipinski definition) is 1. The quantitative estimate of drug-likeness (QED) is 0.299. The van der Waals surface area contributed by atoms with Gasteiger partial charge in [-0.3, -0.25) is 0 Å². The van der Waals surface area contributed by atoms with Crippen LogP contribution in [0.1, 0.15) is 14.8 Å². The van der Waals surface area contributed by atoms with Gasteiger partial charge in [-0.1, -0.05) is 6.92 Å². The first-order valence-corrected chi connectivity index (χ1v) is 1.28. The number of nitriles is 1. The predicted molar refractivity (Wildman–Crippen MR) is 17.0 cm³/mol. The van der Waals surface area contributed by atoms with Gasteiger partial charge in [-0.15, -0.1) is 0 Å². The molecule has 0 aromatic rings. The minimum Gasteiger partial charge on any atom is -1.00 e. The molecule has 0 rings (SSSR count). The summed E-state index contributed by atoms with van der Waals surface area (Å²) in [7, 11) is 0. The van der Waals surface area contributed by atoms with Crippen LogP contribution in [0, 0.1) is 11.3 Å². The zero-order valence-corrected chi connectivity index (χ0v) is 3.65. The number of hydrogen-bond donors (Lipinski definition) is 0. The van der Waals surface area contributed by atoms with Gasteiger partial charge in [0.1, 0.15) is 0 Å². The molecule has 0 N–H and O–H groups in total. The first-order valence-electron chi connectivity index (χ1n) is 1.28. The average Bonchev–Trinajstić information content (AvgIpc) is 1.37. The van der Waals surface area contributed by atoms with E-state index in [4.69, 9.17) is 5.26 Å². The van der Waals surface area contributed by atoms with Crippen molar-refractivity contribution >= 4 is 0 Å². The van der Waals surface area contributed by atoms with Crippen LogP contribution >= 0.6 is 0 Å². The molecular weight excluding hydrogens is 57.0 g/mol. The number of nitrogens with zero attached hydrogens (tertiary/aromatic N) is 1. The Morgan fingerprint density at radius 1 is 2.00 bits per heavy atom. The van der Waals surface area contributed by atoms with Gasteiger partial charge in [-0.2, -0.15) is 5.26 Å². The molecule has 0 aliphatic carbocycles. The summed E-state index contributed by atoms with van der Waals surface area (Å²) in [6, 6.07) is 1.93. The molecule has 1 nitrogen and oxygen atoms in total. The molecule has 0 fully saturated rings. The maximum Gasteiger partial charge on any atom is 1.00 e. The van der Waals surface area contributed by atoms with Crippen molar-refractivity contribution in [3.63, 3.8) is 0 Å². The summed E-state index contributed by atoms with van der Waals surface area (Å²) in [5.41, 5.74) is 0. The van der Waals surface area contributed by atoms with Crippen LogP contribution in [0.15, 0.2) is 0 Å². The monoisotopic (exact) mass is 63.1 g/mol. The summed E-state index contributed by atoms with van der Waals surface area (Å²) in [6.07, 6.45) is 0.625. The predicted octanol–water partition coefficient (Wildman–Crippen LogP) is -1.96. The van der Waals surface area contributed by atoms with Gasteiger partial charge in [0.05, 0.1) is 6.07 Å². The van der Waals surface area contributed by atoms with E-state index in [0.717, 1.165) is 0 Å². The Balaban J connectivity index is -0.0000000450. The molecule has 0 aliphatic rings. The fourth-order valence-corrected chi connectivity index (χ4v) is 0. The Bertz CT molecular complexity index is 40.5. The van der Waals surface area contributed by atoms with E-state index in [1.165, 1.54) is 0 Å². The SMILES string of the molecule is CCC#N.[H-].[Li+]. The largest absolute Gasteiger partial charge is 1.00 e. The van der Waals surface area contributed by atoms with Crippen molar-refractivity contribution in [3.05, 3.63) is 0 Å². The Kier molecular flexibility index (Phi) is 15.9. The van der Waals surface area contributed by atoms with Gasteiger partial charge in [0.15, 0.2) is 0 Å². The number of rotatable bonds is 0. The molecule has 0 heterocycles. The van der Waals surface area contributed by atoms with Gasteiger partial charge in [0, 0.05) is 6.42 Å². The molecule has 0 amide bonds. The second kappa shape index (κ2) is 8.94. The van der Waals surface area contributed by atoms with Crippen LogP contribution in [0.5, 0.6) is 0 Å². The van der Waals surface area contributed by atoms with E-state index < -0.39 is 0 Å². The van der Waals surface area contributed by atoms with Crippen molar-refractivity contribution in [1.29, 1.82) is 5.26 Å². The summed E-state index contributed by atoms with van der Waals surface area (Å²) in [5.74, 6) is 0. The zero-order valence-electron chi connectivity index (χ0n) is 4.65. The van der Waals surface area contributed by atoms with Crippen LogP contribution in [0.3, 0.4) is 0 Å². The maximum absolute atomic E-state index is 7.62. The third kappa shape index (κ3) is 15.1. The Hall–Kier alpha value is 0.0874. The molecule has 2 heteroatoms. The normalized spacial score (nSPS) is 4.00. The summed E-state index contributed by atoms with van der Waals surface area (Å²) in [4.78, 5) is 0. The standard InChI is InChI=1S/C3H5N.Li.H/c1-2-3-4;;/h2H2,1H3;;/q;+1;-1. The molecule has 0 saturated carbocycles. The van der Waals surface area contributed by atoms with Crippen LogP contribution in [0.4, 0.5) is 0 Å². The Morgan fingerprint density at radius 2 is 2.20 bits per heavy atom. The van der Waals surface area contributed by atoms with E-state index in [2.05, 4.69) is 0 Å². The van der Waals surface area contributed by atoms with Crippen LogP contribution in [0.25, 0.3) is 0 Å².